The molecule has 0 bridgehead atoms. The van der Waals surface area contributed by atoms with E-state index in [1.54, 1.807) is 18.5 Å². The smallest absolute Gasteiger partial charge is 0.412 e. The molecule has 1 amide bonds. The van der Waals surface area contributed by atoms with E-state index in [1.165, 1.54) is 12.8 Å². The molecule has 0 atom stereocenters. The Morgan fingerprint density at radius 2 is 1.81 bits per heavy atom. The van der Waals surface area contributed by atoms with Gasteiger partial charge in [-0.05, 0) is 69.9 Å². The van der Waals surface area contributed by atoms with E-state index in [0.29, 0.717) is 23.4 Å². The first-order valence-electron chi connectivity index (χ1n) is 12.0. The number of aromatic nitrogens is 3. The second-order valence-corrected chi connectivity index (χ2v) is 10.0. The molecule has 1 fully saturated rings. The van der Waals surface area contributed by atoms with Crippen LogP contribution in [-0.4, -0.2) is 47.3 Å². The van der Waals surface area contributed by atoms with Gasteiger partial charge >= 0.3 is 6.09 Å². The van der Waals surface area contributed by atoms with Crippen LogP contribution in [0.1, 0.15) is 33.6 Å². The highest BCUT2D eigenvalue weighted by molar-refractivity contribution is 5.86. The van der Waals surface area contributed by atoms with Crippen LogP contribution in [0.15, 0.2) is 48.8 Å². The van der Waals surface area contributed by atoms with Crippen LogP contribution in [-0.2, 0) is 4.74 Å². The second kappa shape index (κ2) is 10.7. The first-order chi connectivity index (χ1) is 17.1. The molecule has 36 heavy (non-hydrogen) atoms. The van der Waals surface area contributed by atoms with Crippen LogP contribution in [0.25, 0.3) is 0 Å². The lowest BCUT2D eigenvalue weighted by Gasteiger charge is -2.20. The molecule has 0 spiro atoms. The highest BCUT2D eigenvalue weighted by atomic mass is 16.6. The first kappa shape index (κ1) is 25.0. The van der Waals surface area contributed by atoms with E-state index in [9.17, 15) is 4.79 Å². The van der Waals surface area contributed by atoms with E-state index in [4.69, 9.17) is 9.72 Å². The minimum atomic E-state index is -0.575. The van der Waals surface area contributed by atoms with E-state index in [-0.39, 0.29) is 0 Å². The van der Waals surface area contributed by atoms with E-state index >= 15 is 0 Å². The summed E-state index contributed by atoms with van der Waals surface area (Å²) in [6.07, 6.45) is 5.49. The average molecular weight is 491 g/mol. The number of ether oxygens (including phenoxy) is 1. The van der Waals surface area contributed by atoms with Gasteiger partial charge in [0.2, 0.25) is 5.95 Å². The Balaban J connectivity index is 1.51. The van der Waals surface area contributed by atoms with Crippen molar-refractivity contribution in [1.29, 1.82) is 0 Å². The molecule has 3 aromatic rings. The number of nitrogens with zero attached hydrogens (tertiary/aromatic N) is 4. The minimum Gasteiger partial charge on any atom is -0.444 e. The van der Waals surface area contributed by atoms with Crippen LogP contribution in [0, 0.1) is 5.92 Å². The van der Waals surface area contributed by atoms with Crippen LogP contribution < -0.4 is 26.2 Å². The fourth-order valence-electron chi connectivity index (χ4n) is 3.33. The molecule has 4 N–H and O–H groups in total. The highest BCUT2D eigenvalue weighted by Gasteiger charge is 2.21. The summed E-state index contributed by atoms with van der Waals surface area (Å²) in [5.74, 6) is 2.62. The summed E-state index contributed by atoms with van der Waals surface area (Å²) in [6.45, 7) is 6.36. The fraction of sp³-hybridized carbons (Fsp3) is 0.385. The third kappa shape index (κ3) is 7.46. The summed E-state index contributed by atoms with van der Waals surface area (Å²) in [6, 6.07) is 11.3. The Morgan fingerprint density at radius 3 is 2.47 bits per heavy atom. The summed E-state index contributed by atoms with van der Waals surface area (Å²) < 4.78 is 5.35. The van der Waals surface area contributed by atoms with Crippen molar-refractivity contribution in [2.45, 2.75) is 39.2 Å². The summed E-state index contributed by atoms with van der Waals surface area (Å²) in [7, 11) is 3.89. The molecule has 2 heterocycles. The van der Waals surface area contributed by atoms with Gasteiger partial charge in [-0.25, -0.2) is 14.8 Å². The number of hydrogen-bond acceptors (Lipinski definition) is 9. The van der Waals surface area contributed by atoms with E-state index in [1.807, 2.05) is 70.1 Å². The second-order valence-electron chi connectivity index (χ2n) is 10.0. The number of hydrogen-bond donors (Lipinski definition) is 4. The molecule has 2 aromatic heterocycles. The Hall–Kier alpha value is -4.08. The molecular weight excluding hydrogens is 456 g/mol. The quantitative estimate of drug-likeness (QED) is 0.304. The Labute approximate surface area is 211 Å². The van der Waals surface area contributed by atoms with Crippen molar-refractivity contribution in [2.75, 3.05) is 46.8 Å². The molecule has 1 saturated carbocycles. The van der Waals surface area contributed by atoms with Gasteiger partial charge in [-0.1, -0.05) is 6.07 Å². The molecule has 1 aliphatic rings. The molecule has 0 aliphatic heterocycles. The topological polar surface area (TPSA) is 116 Å². The van der Waals surface area contributed by atoms with E-state index in [2.05, 4.69) is 31.2 Å². The lowest BCUT2D eigenvalue weighted by Crippen LogP contribution is -2.27. The zero-order chi connectivity index (χ0) is 25.7. The van der Waals surface area contributed by atoms with Gasteiger partial charge in [0.1, 0.15) is 11.4 Å². The van der Waals surface area contributed by atoms with Crippen LogP contribution in [0.5, 0.6) is 0 Å². The maximum absolute atomic E-state index is 12.2. The third-order valence-corrected chi connectivity index (χ3v) is 5.30. The number of carbonyl (C=O) groups is 1. The molecule has 0 unspecified atom stereocenters. The summed E-state index contributed by atoms with van der Waals surface area (Å²) in [4.78, 5) is 27.7. The molecule has 10 nitrogen and oxygen atoms in total. The van der Waals surface area contributed by atoms with Gasteiger partial charge in [0.15, 0.2) is 5.82 Å². The largest absolute Gasteiger partial charge is 0.444 e. The monoisotopic (exact) mass is 490 g/mol. The average Bonchev–Trinajstić information content (AvgIpc) is 3.62. The molecule has 4 rings (SSSR count). The van der Waals surface area contributed by atoms with Gasteiger partial charge in [0, 0.05) is 32.0 Å². The van der Waals surface area contributed by atoms with Gasteiger partial charge in [-0.2, -0.15) is 4.98 Å². The standard InChI is InChI=1S/C26H34N8O2/c1-26(2,3)36-25(35)32-19-8-6-7-18(13-19)30-23-21(27-14-17-9-10-17)16-29-24(33-23)31-20-11-12-22(28-15-20)34(4)5/h6-8,11-13,15-17,27H,9-10,14H2,1-5H3,(H,32,35)(H2,29,30,31,33). The van der Waals surface area contributed by atoms with Crippen molar-refractivity contribution in [1.82, 2.24) is 15.0 Å². The minimum absolute atomic E-state index is 0.442. The Morgan fingerprint density at radius 1 is 1.03 bits per heavy atom. The lowest BCUT2D eigenvalue weighted by molar-refractivity contribution is 0.0636. The van der Waals surface area contributed by atoms with Crippen LogP contribution >= 0.6 is 0 Å². The zero-order valence-corrected chi connectivity index (χ0v) is 21.4. The molecule has 1 aromatic carbocycles. The first-order valence-corrected chi connectivity index (χ1v) is 12.0. The predicted octanol–water partition coefficient (Wildman–Crippen LogP) is 5.59. The molecule has 190 valence electrons. The normalized spacial score (nSPS) is 13.0. The number of benzene rings is 1. The Kier molecular flexibility index (Phi) is 7.42. The molecule has 0 saturated heterocycles. The van der Waals surface area contributed by atoms with Crippen LogP contribution in [0.2, 0.25) is 0 Å². The zero-order valence-electron chi connectivity index (χ0n) is 21.4. The number of pyridine rings is 1. The number of nitrogens with one attached hydrogen (secondary N) is 4. The summed E-state index contributed by atoms with van der Waals surface area (Å²) >= 11 is 0. The molecule has 1 aliphatic carbocycles. The maximum Gasteiger partial charge on any atom is 0.412 e. The van der Waals surface area contributed by atoms with Crippen molar-refractivity contribution in [2.24, 2.45) is 5.92 Å². The van der Waals surface area contributed by atoms with Gasteiger partial charge in [-0.15, -0.1) is 0 Å². The van der Waals surface area contributed by atoms with Crippen LogP contribution in [0.3, 0.4) is 0 Å². The van der Waals surface area contributed by atoms with Crippen molar-refractivity contribution in [3.05, 3.63) is 48.8 Å². The van der Waals surface area contributed by atoms with E-state index < -0.39 is 11.7 Å². The predicted molar refractivity (Wildman–Crippen MR) is 145 cm³/mol. The van der Waals surface area contributed by atoms with Gasteiger partial charge < -0.3 is 25.6 Å². The van der Waals surface area contributed by atoms with Gasteiger partial charge in [0.05, 0.1) is 23.8 Å². The highest BCUT2D eigenvalue weighted by Crippen LogP contribution is 2.31. The molecule has 10 heteroatoms. The number of rotatable bonds is 9. The van der Waals surface area contributed by atoms with Gasteiger partial charge in [-0.3, -0.25) is 5.32 Å². The number of carbonyl (C=O) groups excluding carboxylic acids is 1. The fourth-order valence-corrected chi connectivity index (χ4v) is 3.33. The van der Waals surface area contributed by atoms with E-state index in [0.717, 1.165) is 29.4 Å². The lowest BCUT2D eigenvalue weighted by atomic mass is 10.2. The molecular formula is C26H34N8O2. The maximum atomic E-state index is 12.2. The molecule has 0 radical (unpaired) electrons. The third-order valence-electron chi connectivity index (χ3n) is 5.30. The Bertz CT molecular complexity index is 1190. The van der Waals surface area contributed by atoms with Crippen molar-refractivity contribution in [3.63, 3.8) is 0 Å². The van der Waals surface area contributed by atoms with Crippen molar-refractivity contribution >= 4 is 46.4 Å². The SMILES string of the molecule is CN(C)c1ccc(Nc2ncc(NCC3CC3)c(Nc3cccc(NC(=O)OC(C)(C)C)c3)n2)cn1. The number of amides is 1. The summed E-state index contributed by atoms with van der Waals surface area (Å²) in [5, 5.41) is 12.8. The number of anilines is 7. The summed E-state index contributed by atoms with van der Waals surface area (Å²) in [5.41, 5.74) is 2.39. The van der Waals surface area contributed by atoms with Gasteiger partial charge in [0.25, 0.3) is 0 Å². The van der Waals surface area contributed by atoms with Crippen molar-refractivity contribution < 1.29 is 9.53 Å². The van der Waals surface area contributed by atoms with Crippen LogP contribution in [0.4, 0.5) is 45.1 Å². The van der Waals surface area contributed by atoms with Crippen molar-refractivity contribution in [3.8, 4) is 0 Å².